The lowest BCUT2D eigenvalue weighted by molar-refractivity contribution is -0.130. The van der Waals surface area contributed by atoms with E-state index in [1.54, 1.807) is 19.0 Å². The molecule has 0 radical (unpaired) electrons. The molecule has 0 aliphatic carbocycles. The second-order valence-corrected chi connectivity index (χ2v) is 8.75. The van der Waals surface area contributed by atoms with Crippen LogP contribution in [-0.2, 0) is 19.6 Å². The van der Waals surface area contributed by atoms with Gasteiger partial charge in [-0.1, -0.05) is 0 Å². The molecule has 1 aliphatic heterocycles. The third kappa shape index (κ3) is 6.26. The number of primary sulfonamides is 1. The Bertz CT molecular complexity index is 795. The second kappa shape index (κ2) is 9.46. The zero-order valence-corrected chi connectivity index (χ0v) is 17.4. The van der Waals surface area contributed by atoms with Crippen molar-refractivity contribution in [2.24, 2.45) is 5.14 Å². The molecule has 0 bridgehead atoms. The van der Waals surface area contributed by atoms with Crippen molar-refractivity contribution in [1.29, 1.82) is 0 Å². The third-order valence-corrected chi connectivity index (χ3v) is 5.79. The number of benzene rings is 1. The van der Waals surface area contributed by atoms with Crippen LogP contribution < -0.4 is 10.5 Å². The summed E-state index contributed by atoms with van der Waals surface area (Å²) in [5.41, 5.74) is 0.511. The van der Waals surface area contributed by atoms with Gasteiger partial charge in [-0.3, -0.25) is 19.4 Å². The highest BCUT2D eigenvalue weighted by atomic mass is 32.2. The van der Waals surface area contributed by atoms with Gasteiger partial charge in [-0.2, -0.15) is 0 Å². The van der Waals surface area contributed by atoms with Crippen molar-refractivity contribution < 1.29 is 18.0 Å². The van der Waals surface area contributed by atoms with Crippen molar-refractivity contribution in [2.45, 2.75) is 24.3 Å². The molecule has 0 aromatic heterocycles. The minimum Gasteiger partial charge on any atom is -0.348 e. The lowest BCUT2D eigenvalue weighted by atomic mass is 10.2. The molecule has 2 rings (SSSR count). The molecule has 3 N–H and O–H groups in total. The van der Waals surface area contributed by atoms with Crippen LogP contribution in [0.15, 0.2) is 29.2 Å². The number of rotatable bonds is 6. The minimum absolute atomic E-state index is 0.00146. The minimum atomic E-state index is -3.76. The third-order valence-electron chi connectivity index (χ3n) is 4.86. The lowest BCUT2D eigenvalue weighted by Crippen LogP contribution is -2.44. The highest BCUT2D eigenvalue weighted by Crippen LogP contribution is 2.14. The molecule has 1 saturated heterocycles. The highest BCUT2D eigenvalue weighted by molar-refractivity contribution is 7.89. The fourth-order valence-corrected chi connectivity index (χ4v) is 3.52. The van der Waals surface area contributed by atoms with E-state index < -0.39 is 10.0 Å². The summed E-state index contributed by atoms with van der Waals surface area (Å²) >= 11 is 0. The van der Waals surface area contributed by atoms with Crippen LogP contribution in [0, 0.1) is 0 Å². The Kier molecular flexibility index (Phi) is 7.53. The fraction of sp³-hybridized carbons (Fsp3) is 0.556. The Morgan fingerprint density at radius 1 is 1.14 bits per heavy atom. The van der Waals surface area contributed by atoms with E-state index in [9.17, 15) is 18.0 Å². The average Bonchev–Trinajstić information content (AvgIpc) is 2.86. The van der Waals surface area contributed by atoms with Gasteiger partial charge in [-0.15, -0.1) is 0 Å². The van der Waals surface area contributed by atoms with E-state index in [1.165, 1.54) is 24.3 Å². The van der Waals surface area contributed by atoms with Crippen LogP contribution in [0.3, 0.4) is 0 Å². The van der Waals surface area contributed by atoms with Crippen LogP contribution in [-0.4, -0.2) is 87.8 Å². The maximum Gasteiger partial charge on any atom is 0.241 e. The number of anilines is 1. The van der Waals surface area contributed by atoms with Gasteiger partial charge in [0.2, 0.25) is 21.8 Å². The highest BCUT2D eigenvalue weighted by Gasteiger charge is 2.25. The van der Waals surface area contributed by atoms with E-state index in [2.05, 4.69) is 15.1 Å². The zero-order chi connectivity index (χ0) is 20.9. The van der Waals surface area contributed by atoms with Crippen LogP contribution in [0.5, 0.6) is 0 Å². The Morgan fingerprint density at radius 3 is 2.36 bits per heavy atom. The molecular formula is C18H29N5O4S. The summed E-state index contributed by atoms with van der Waals surface area (Å²) in [6, 6.07) is 5.41. The van der Waals surface area contributed by atoms with Gasteiger partial charge in [0.1, 0.15) is 0 Å². The zero-order valence-electron chi connectivity index (χ0n) is 16.6. The molecule has 28 heavy (non-hydrogen) atoms. The van der Waals surface area contributed by atoms with Gasteiger partial charge in [0.05, 0.1) is 17.5 Å². The monoisotopic (exact) mass is 411 g/mol. The Balaban J connectivity index is 1.91. The van der Waals surface area contributed by atoms with E-state index in [0.29, 0.717) is 18.8 Å². The molecule has 1 fully saturated rings. The Hall–Kier alpha value is -2.01. The molecule has 1 heterocycles. The van der Waals surface area contributed by atoms with Crippen LogP contribution in [0.1, 0.15) is 13.3 Å². The van der Waals surface area contributed by atoms with Crippen LogP contribution >= 0.6 is 0 Å². The number of carbonyl (C=O) groups is 2. The summed E-state index contributed by atoms with van der Waals surface area (Å²) in [6.07, 6.45) is 0.876. The molecule has 1 aromatic carbocycles. The smallest absolute Gasteiger partial charge is 0.241 e. The molecule has 1 aromatic rings. The maximum atomic E-state index is 12.6. The van der Waals surface area contributed by atoms with E-state index in [1.807, 2.05) is 6.92 Å². The first kappa shape index (κ1) is 22.3. The number of hydrogen-bond acceptors (Lipinski definition) is 6. The largest absolute Gasteiger partial charge is 0.348 e. The summed E-state index contributed by atoms with van der Waals surface area (Å²) < 4.78 is 22.6. The Morgan fingerprint density at radius 2 is 1.79 bits per heavy atom. The van der Waals surface area contributed by atoms with Gasteiger partial charge in [-0.05, 0) is 44.2 Å². The normalized spacial score (nSPS) is 17.6. The topological polar surface area (TPSA) is 116 Å². The number of hydrogen-bond donors (Lipinski definition) is 2. The van der Waals surface area contributed by atoms with Gasteiger partial charge in [0.25, 0.3) is 0 Å². The van der Waals surface area contributed by atoms with Crippen molar-refractivity contribution in [1.82, 2.24) is 14.7 Å². The van der Waals surface area contributed by atoms with Gasteiger partial charge in [0, 0.05) is 39.4 Å². The summed E-state index contributed by atoms with van der Waals surface area (Å²) in [6.45, 7) is 5.23. The van der Waals surface area contributed by atoms with E-state index in [-0.39, 0.29) is 22.8 Å². The molecule has 0 spiro atoms. The van der Waals surface area contributed by atoms with Crippen LogP contribution in [0.25, 0.3) is 0 Å². The lowest BCUT2D eigenvalue weighted by Gasteiger charge is -2.27. The summed E-state index contributed by atoms with van der Waals surface area (Å²) in [5.74, 6) is -0.0941. The molecule has 2 amide bonds. The number of nitrogens with zero attached hydrogens (tertiary/aromatic N) is 3. The Labute approximate surface area is 166 Å². The van der Waals surface area contributed by atoms with Crippen molar-refractivity contribution in [3.63, 3.8) is 0 Å². The van der Waals surface area contributed by atoms with Crippen molar-refractivity contribution in [3.05, 3.63) is 24.3 Å². The number of carbonyl (C=O) groups excluding carboxylic acids is 2. The quantitative estimate of drug-likeness (QED) is 0.667. The summed E-state index contributed by atoms with van der Waals surface area (Å²) in [4.78, 5) is 30.3. The van der Waals surface area contributed by atoms with Crippen LogP contribution in [0.2, 0.25) is 0 Å². The number of likely N-dealkylation sites (N-methyl/N-ethyl adjacent to an activating group) is 1. The van der Waals surface area contributed by atoms with Gasteiger partial charge in [-0.25, -0.2) is 13.6 Å². The average molecular weight is 412 g/mol. The second-order valence-electron chi connectivity index (χ2n) is 7.19. The summed E-state index contributed by atoms with van der Waals surface area (Å²) in [7, 11) is -0.269. The first-order valence-electron chi connectivity index (χ1n) is 9.18. The van der Waals surface area contributed by atoms with E-state index in [4.69, 9.17) is 5.14 Å². The van der Waals surface area contributed by atoms with Crippen molar-refractivity contribution >= 4 is 27.5 Å². The predicted molar refractivity (Wildman–Crippen MR) is 107 cm³/mol. The predicted octanol–water partition coefficient (Wildman–Crippen LogP) is -0.243. The first-order chi connectivity index (χ1) is 13.1. The molecule has 1 atom stereocenters. The number of amides is 2. The molecule has 0 saturated carbocycles. The van der Waals surface area contributed by atoms with Gasteiger partial charge < -0.3 is 10.2 Å². The van der Waals surface area contributed by atoms with Crippen LogP contribution in [0.4, 0.5) is 5.69 Å². The first-order valence-corrected chi connectivity index (χ1v) is 10.7. The SMILES string of the molecule is C[C@H](C(=O)Nc1ccc(S(N)(=O)=O)cc1)N1CCCN(CC(=O)N(C)C)CC1. The molecule has 10 heteroatoms. The molecule has 0 unspecified atom stereocenters. The van der Waals surface area contributed by atoms with Gasteiger partial charge >= 0.3 is 0 Å². The van der Waals surface area contributed by atoms with Crippen molar-refractivity contribution in [3.8, 4) is 0 Å². The van der Waals surface area contributed by atoms with E-state index >= 15 is 0 Å². The fourth-order valence-electron chi connectivity index (χ4n) is 3.01. The standard InChI is InChI=1S/C18H29N5O4S/c1-14(18(25)20-15-5-7-16(8-6-15)28(19,26)27)23-10-4-9-22(11-12-23)13-17(24)21(2)3/h5-8,14H,4,9-13H2,1-3H3,(H,20,25)(H2,19,26,27)/t14-/m1/s1. The maximum absolute atomic E-state index is 12.6. The summed E-state index contributed by atoms with van der Waals surface area (Å²) in [5, 5.41) is 7.88. The number of sulfonamides is 1. The molecule has 156 valence electrons. The molecule has 9 nitrogen and oxygen atoms in total. The molecular weight excluding hydrogens is 382 g/mol. The van der Waals surface area contributed by atoms with Gasteiger partial charge in [0.15, 0.2) is 0 Å². The van der Waals surface area contributed by atoms with Crippen molar-refractivity contribution in [2.75, 3.05) is 52.1 Å². The number of nitrogens with two attached hydrogens (primary N) is 1. The number of nitrogens with one attached hydrogen (secondary N) is 1. The molecule has 1 aliphatic rings. The van der Waals surface area contributed by atoms with E-state index in [0.717, 1.165) is 26.1 Å².